The highest BCUT2D eigenvalue weighted by Crippen LogP contribution is 2.37. The van der Waals surface area contributed by atoms with Crippen molar-refractivity contribution in [3.05, 3.63) is 36.4 Å². The maximum absolute atomic E-state index is 12.2. The van der Waals surface area contributed by atoms with E-state index in [1.54, 1.807) is 36.3 Å². The molecule has 31 heavy (non-hydrogen) atoms. The molecule has 12 heteroatoms. The Morgan fingerprint density at radius 2 is 2.13 bits per heavy atom. The van der Waals surface area contributed by atoms with Gasteiger partial charge in [0.05, 0.1) is 30.0 Å². The number of sulfonamides is 1. The third-order valence-electron chi connectivity index (χ3n) is 5.67. The summed E-state index contributed by atoms with van der Waals surface area (Å²) >= 11 is 0. The molecule has 4 rings (SSSR count). The second-order valence-electron chi connectivity index (χ2n) is 7.48. The molecule has 0 spiro atoms. The number of hydrogen-bond acceptors (Lipinski definition) is 7. The van der Waals surface area contributed by atoms with Crippen LogP contribution in [0.4, 0.5) is 0 Å². The molecule has 0 saturated carbocycles. The maximum Gasteiger partial charge on any atom is 0.250 e. The zero-order valence-electron chi connectivity index (χ0n) is 16.8. The lowest BCUT2D eigenvalue weighted by atomic mass is 9.89. The van der Waals surface area contributed by atoms with Gasteiger partial charge in [0.2, 0.25) is 10.0 Å². The number of aromatic nitrogens is 4. The molecule has 0 aliphatic carbocycles. The summed E-state index contributed by atoms with van der Waals surface area (Å²) in [5, 5.41) is 23.9. The van der Waals surface area contributed by atoms with E-state index in [1.807, 2.05) is 0 Å². The van der Waals surface area contributed by atoms with Gasteiger partial charge in [0.25, 0.3) is 5.91 Å². The number of nitrogens with zero attached hydrogens (tertiary/aromatic N) is 6. The Kier molecular flexibility index (Phi) is 5.04. The predicted octanol–water partition coefficient (Wildman–Crippen LogP) is 0.223. The van der Waals surface area contributed by atoms with E-state index < -0.39 is 21.5 Å². The summed E-state index contributed by atoms with van der Waals surface area (Å²) < 4.78 is 28.8. The summed E-state index contributed by atoms with van der Waals surface area (Å²) in [6.07, 6.45) is 6.32. The van der Waals surface area contributed by atoms with Crippen molar-refractivity contribution in [2.75, 3.05) is 18.8 Å². The fourth-order valence-electron chi connectivity index (χ4n) is 3.94. The Morgan fingerprint density at radius 1 is 1.39 bits per heavy atom. The van der Waals surface area contributed by atoms with E-state index in [0.717, 1.165) is 0 Å². The minimum atomic E-state index is -3.36. The van der Waals surface area contributed by atoms with Crippen molar-refractivity contribution < 1.29 is 18.3 Å². The van der Waals surface area contributed by atoms with Crippen LogP contribution in [0.3, 0.4) is 0 Å². The molecule has 0 unspecified atom stereocenters. The summed E-state index contributed by atoms with van der Waals surface area (Å²) in [7, 11) is -3.36. The van der Waals surface area contributed by atoms with Gasteiger partial charge in [0.15, 0.2) is 0 Å². The van der Waals surface area contributed by atoms with Gasteiger partial charge in [-0.1, -0.05) is 0 Å². The monoisotopic (exact) mass is 443 g/mol. The number of amides is 1. The number of primary amides is 1. The van der Waals surface area contributed by atoms with Gasteiger partial charge < -0.3 is 15.4 Å². The normalized spacial score (nSPS) is 16.2. The number of carbonyl (C=O) groups is 1. The minimum absolute atomic E-state index is 0.0151. The Morgan fingerprint density at radius 3 is 2.74 bits per heavy atom. The molecular weight excluding hydrogens is 422 g/mol. The first-order valence-corrected chi connectivity index (χ1v) is 11.2. The van der Waals surface area contributed by atoms with Crippen molar-refractivity contribution in [3.63, 3.8) is 0 Å². The average molecular weight is 443 g/mol. The number of nitrogens with two attached hydrogens (primary N) is 1. The first-order chi connectivity index (χ1) is 14.8. The smallest absolute Gasteiger partial charge is 0.250 e. The summed E-state index contributed by atoms with van der Waals surface area (Å²) in [6, 6.07) is 3.84. The standard InChI is InChI=1S/C19H21N7O4S/c1-2-31(29,30)25-10-19(11-25,4-5-20)26-9-13(7-23-26)16-14-3-6-24(12-27)18(14)22-8-15(16)17(21)28/h3,6-9,27H,2,4,10-12H2,1H3,(H2,21,28). The van der Waals surface area contributed by atoms with Crippen LogP contribution in [0.1, 0.15) is 23.7 Å². The maximum atomic E-state index is 12.2. The van der Waals surface area contributed by atoms with Crippen LogP contribution in [-0.4, -0.2) is 61.9 Å². The number of nitriles is 1. The molecule has 0 bridgehead atoms. The van der Waals surface area contributed by atoms with Crippen LogP contribution < -0.4 is 5.73 Å². The van der Waals surface area contributed by atoms with Gasteiger partial charge in [-0.3, -0.25) is 9.48 Å². The molecule has 0 radical (unpaired) electrons. The van der Waals surface area contributed by atoms with E-state index >= 15 is 0 Å². The topological polar surface area (TPSA) is 160 Å². The predicted molar refractivity (Wildman–Crippen MR) is 111 cm³/mol. The van der Waals surface area contributed by atoms with Crippen LogP contribution in [0.5, 0.6) is 0 Å². The number of aliphatic hydroxyl groups excluding tert-OH is 1. The quantitative estimate of drug-likeness (QED) is 0.528. The SMILES string of the molecule is CCS(=O)(=O)N1CC(CC#N)(n2cc(-c3c(C(N)=O)cnc4c3ccn4CO)cn2)C1. The van der Waals surface area contributed by atoms with Crippen LogP contribution in [-0.2, 0) is 22.3 Å². The van der Waals surface area contributed by atoms with Crippen LogP contribution >= 0.6 is 0 Å². The minimum Gasteiger partial charge on any atom is -0.376 e. The first-order valence-electron chi connectivity index (χ1n) is 9.55. The van der Waals surface area contributed by atoms with Crippen molar-refractivity contribution >= 4 is 27.0 Å². The van der Waals surface area contributed by atoms with Crippen LogP contribution in [0.25, 0.3) is 22.2 Å². The second-order valence-corrected chi connectivity index (χ2v) is 9.73. The zero-order valence-corrected chi connectivity index (χ0v) is 17.6. The van der Waals surface area contributed by atoms with Gasteiger partial charge in [0.1, 0.15) is 17.9 Å². The molecule has 3 N–H and O–H groups in total. The largest absolute Gasteiger partial charge is 0.376 e. The molecule has 1 saturated heterocycles. The van der Waals surface area contributed by atoms with Crippen LogP contribution in [0.2, 0.25) is 0 Å². The number of aliphatic hydroxyl groups is 1. The lowest BCUT2D eigenvalue weighted by molar-refractivity contribution is 0.0719. The molecule has 11 nitrogen and oxygen atoms in total. The second kappa shape index (κ2) is 7.45. The molecule has 1 amide bonds. The molecule has 0 atom stereocenters. The van der Waals surface area contributed by atoms with Gasteiger partial charge in [-0.05, 0) is 13.0 Å². The average Bonchev–Trinajstić information content (AvgIpc) is 3.36. The fourth-order valence-corrected chi connectivity index (χ4v) is 5.18. The van der Waals surface area contributed by atoms with Gasteiger partial charge >= 0.3 is 0 Å². The molecule has 3 aromatic rings. The number of fused-ring (bicyclic) bond motifs is 1. The molecule has 1 aliphatic heterocycles. The Labute approximate surface area is 178 Å². The summed E-state index contributed by atoms with van der Waals surface area (Å²) in [4.78, 5) is 16.3. The summed E-state index contributed by atoms with van der Waals surface area (Å²) in [6.45, 7) is 1.59. The van der Waals surface area contributed by atoms with Crippen molar-refractivity contribution in [3.8, 4) is 17.2 Å². The number of rotatable bonds is 7. The number of carbonyl (C=O) groups excluding carboxylic acids is 1. The van der Waals surface area contributed by atoms with E-state index in [9.17, 15) is 23.6 Å². The van der Waals surface area contributed by atoms with E-state index in [1.165, 1.54) is 15.1 Å². The highest BCUT2D eigenvalue weighted by molar-refractivity contribution is 7.89. The highest BCUT2D eigenvalue weighted by atomic mass is 32.2. The summed E-state index contributed by atoms with van der Waals surface area (Å²) in [5.41, 5.74) is 6.54. The van der Waals surface area contributed by atoms with E-state index in [4.69, 9.17) is 5.73 Å². The Hall–Kier alpha value is -3.27. The molecule has 4 heterocycles. The molecule has 162 valence electrons. The van der Waals surface area contributed by atoms with Gasteiger partial charge in [-0.25, -0.2) is 13.4 Å². The van der Waals surface area contributed by atoms with Crippen molar-refractivity contribution in [2.24, 2.45) is 5.73 Å². The Bertz CT molecular complexity index is 1310. The number of pyridine rings is 1. The van der Waals surface area contributed by atoms with E-state index in [0.29, 0.717) is 22.2 Å². The molecule has 1 fully saturated rings. The van der Waals surface area contributed by atoms with Crippen molar-refractivity contribution in [1.82, 2.24) is 23.6 Å². The van der Waals surface area contributed by atoms with Gasteiger partial charge in [-0.2, -0.15) is 14.7 Å². The lowest BCUT2D eigenvalue weighted by Gasteiger charge is -2.47. The first kappa shape index (κ1) is 21.0. The van der Waals surface area contributed by atoms with E-state index in [2.05, 4.69) is 16.2 Å². The van der Waals surface area contributed by atoms with E-state index in [-0.39, 0.29) is 37.6 Å². The third-order valence-corrected chi connectivity index (χ3v) is 7.45. The zero-order chi connectivity index (χ0) is 22.4. The van der Waals surface area contributed by atoms with Gasteiger partial charge in [-0.15, -0.1) is 0 Å². The van der Waals surface area contributed by atoms with Gasteiger partial charge in [0, 0.05) is 48.2 Å². The third kappa shape index (κ3) is 3.27. The van der Waals surface area contributed by atoms with Crippen LogP contribution in [0.15, 0.2) is 30.9 Å². The van der Waals surface area contributed by atoms with Crippen LogP contribution in [0, 0.1) is 11.3 Å². The Balaban J connectivity index is 1.80. The summed E-state index contributed by atoms with van der Waals surface area (Å²) in [5.74, 6) is -0.678. The van der Waals surface area contributed by atoms with Crippen molar-refractivity contribution in [2.45, 2.75) is 25.6 Å². The lowest BCUT2D eigenvalue weighted by Crippen LogP contribution is -2.64. The molecule has 1 aliphatic rings. The fraction of sp³-hybridized carbons (Fsp3) is 0.368. The molecule has 3 aromatic heterocycles. The number of hydrogen-bond donors (Lipinski definition) is 2. The van der Waals surface area contributed by atoms with Crippen molar-refractivity contribution in [1.29, 1.82) is 5.26 Å². The molecular formula is C19H21N7O4S. The molecule has 0 aromatic carbocycles. The highest BCUT2D eigenvalue weighted by Gasteiger charge is 2.49.